The zero-order chi connectivity index (χ0) is 14.1. The minimum absolute atomic E-state index is 0.128. The summed E-state index contributed by atoms with van der Waals surface area (Å²) in [7, 11) is 0. The summed E-state index contributed by atoms with van der Waals surface area (Å²) in [6, 6.07) is 0.222. The van der Waals surface area contributed by atoms with Gasteiger partial charge in [-0.3, -0.25) is 0 Å². The molecular formula is C11H17F3N4S. The molecule has 4 nitrogen and oxygen atoms in total. The monoisotopic (exact) mass is 294 g/mol. The number of piperidine rings is 1. The molecule has 8 heteroatoms. The van der Waals surface area contributed by atoms with Gasteiger partial charge in [0.1, 0.15) is 0 Å². The van der Waals surface area contributed by atoms with Crippen LogP contribution in [0.4, 0.5) is 18.3 Å². The first kappa shape index (κ1) is 14.5. The van der Waals surface area contributed by atoms with Crippen LogP contribution in [0.1, 0.15) is 31.7 Å². The molecule has 1 fully saturated rings. The summed E-state index contributed by atoms with van der Waals surface area (Å²) in [5.74, 6) is 0. The summed E-state index contributed by atoms with van der Waals surface area (Å²) in [6.45, 7) is 5.82. The molecule has 0 radical (unpaired) electrons. The zero-order valence-electron chi connectivity index (χ0n) is 10.8. The smallest absolute Gasteiger partial charge is 0.358 e. The minimum Gasteiger partial charge on any atom is -0.358 e. The van der Waals surface area contributed by atoms with Gasteiger partial charge in [-0.25, -0.2) is 0 Å². The van der Waals surface area contributed by atoms with Crippen molar-refractivity contribution in [3.63, 3.8) is 0 Å². The number of rotatable bonds is 3. The van der Waals surface area contributed by atoms with Crippen LogP contribution in [0.5, 0.6) is 0 Å². The fraction of sp³-hybridized carbons (Fsp3) is 0.818. The van der Waals surface area contributed by atoms with E-state index < -0.39 is 11.2 Å². The Bertz CT molecular complexity index is 430. The van der Waals surface area contributed by atoms with Gasteiger partial charge in [-0.05, 0) is 24.8 Å². The standard InChI is InChI=1S/C11H17F3N4S/c1-10(2)4-3-5-15-7(10)6-16-9-18-17-8(19-9)11(12,13)14/h7,15H,3-6H2,1-2H3,(H,16,18). The lowest BCUT2D eigenvalue weighted by atomic mass is 9.77. The summed E-state index contributed by atoms with van der Waals surface area (Å²) in [5, 5.41) is 12.3. The molecule has 108 valence electrons. The topological polar surface area (TPSA) is 49.8 Å². The number of alkyl halides is 3. The lowest BCUT2D eigenvalue weighted by Gasteiger charge is -2.39. The molecule has 2 heterocycles. The van der Waals surface area contributed by atoms with E-state index in [4.69, 9.17) is 0 Å². The molecule has 1 unspecified atom stereocenters. The van der Waals surface area contributed by atoms with Crippen LogP contribution < -0.4 is 10.6 Å². The maximum absolute atomic E-state index is 12.4. The highest BCUT2D eigenvalue weighted by Gasteiger charge is 2.36. The van der Waals surface area contributed by atoms with Crippen molar-refractivity contribution in [3.8, 4) is 0 Å². The summed E-state index contributed by atoms with van der Waals surface area (Å²) in [6.07, 6.45) is -2.18. The Balaban J connectivity index is 1.93. The number of nitrogens with zero attached hydrogens (tertiary/aromatic N) is 2. The maximum Gasteiger partial charge on any atom is 0.445 e. The molecular weight excluding hydrogens is 277 g/mol. The second kappa shape index (κ2) is 5.24. The largest absolute Gasteiger partial charge is 0.445 e. The molecule has 0 spiro atoms. The van der Waals surface area contributed by atoms with E-state index in [1.807, 2.05) is 0 Å². The number of nitrogens with one attached hydrogen (secondary N) is 2. The fourth-order valence-corrected chi connectivity index (χ4v) is 2.84. The van der Waals surface area contributed by atoms with E-state index in [-0.39, 0.29) is 16.6 Å². The number of hydrogen-bond donors (Lipinski definition) is 2. The average Bonchev–Trinajstić information content (AvgIpc) is 2.75. The van der Waals surface area contributed by atoms with Crippen LogP contribution in [0.15, 0.2) is 0 Å². The Hall–Kier alpha value is -0.890. The van der Waals surface area contributed by atoms with E-state index in [9.17, 15) is 13.2 Å². The molecule has 1 aliphatic heterocycles. The molecule has 2 N–H and O–H groups in total. The van der Waals surface area contributed by atoms with Gasteiger partial charge >= 0.3 is 6.18 Å². The first-order chi connectivity index (χ1) is 8.79. The van der Waals surface area contributed by atoms with Crippen molar-refractivity contribution in [1.82, 2.24) is 15.5 Å². The lowest BCUT2D eigenvalue weighted by molar-refractivity contribution is -0.138. The van der Waals surface area contributed by atoms with Gasteiger partial charge in [0.2, 0.25) is 10.1 Å². The Morgan fingerprint density at radius 3 is 2.74 bits per heavy atom. The summed E-state index contributed by atoms with van der Waals surface area (Å²) >= 11 is 0.542. The fourth-order valence-electron chi connectivity index (χ4n) is 2.22. The third-order valence-corrected chi connectivity index (χ3v) is 4.38. The molecule has 0 bridgehead atoms. The van der Waals surface area contributed by atoms with Crippen LogP contribution in [0.3, 0.4) is 0 Å². The summed E-state index contributed by atoms with van der Waals surface area (Å²) in [4.78, 5) is 0. The molecule has 1 aliphatic rings. The highest BCUT2D eigenvalue weighted by atomic mass is 32.1. The maximum atomic E-state index is 12.4. The third kappa shape index (κ3) is 3.56. The van der Waals surface area contributed by atoms with Crippen molar-refractivity contribution in [2.45, 2.75) is 38.9 Å². The van der Waals surface area contributed by atoms with Crippen LogP contribution in [-0.2, 0) is 6.18 Å². The number of aromatic nitrogens is 2. The first-order valence-electron chi connectivity index (χ1n) is 6.17. The molecule has 2 rings (SSSR count). The van der Waals surface area contributed by atoms with Crippen LogP contribution in [0.25, 0.3) is 0 Å². The number of hydrogen-bond acceptors (Lipinski definition) is 5. The Kier molecular flexibility index (Phi) is 4.00. The van der Waals surface area contributed by atoms with E-state index in [0.717, 1.165) is 19.4 Å². The molecule has 1 atom stereocenters. The highest BCUT2D eigenvalue weighted by molar-refractivity contribution is 7.15. The Morgan fingerprint density at radius 2 is 2.16 bits per heavy atom. The van der Waals surface area contributed by atoms with Crippen molar-refractivity contribution in [2.24, 2.45) is 5.41 Å². The predicted octanol–water partition coefficient (Wildman–Crippen LogP) is 2.75. The van der Waals surface area contributed by atoms with Crippen LogP contribution >= 0.6 is 11.3 Å². The van der Waals surface area contributed by atoms with Gasteiger partial charge < -0.3 is 10.6 Å². The van der Waals surface area contributed by atoms with Gasteiger partial charge in [-0.2, -0.15) is 13.2 Å². The van der Waals surface area contributed by atoms with Crippen LogP contribution in [0, 0.1) is 5.41 Å². The Labute approximate surface area is 113 Å². The van der Waals surface area contributed by atoms with Gasteiger partial charge in [-0.1, -0.05) is 25.2 Å². The second-order valence-electron chi connectivity index (χ2n) is 5.39. The van der Waals surface area contributed by atoms with Gasteiger partial charge in [0.05, 0.1) is 0 Å². The van der Waals surface area contributed by atoms with Crippen molar-refractivity contribution in [1.29, 1.82) is 0 Å². The van der Waals surface area contributed by atoms with Gasteiger partial charge in [0.25, 0.3) is 0 Å². The zero-order valence-corrected chi connectivity index (χ0v) is 11.7. The molecule has 0 aliphatic carbocycles. The average molecular weight is 294 g/mol. The summed E-state index contributed by atoms with van der Waals surface area (Å²) in [5.41, 5.74) is 0.128. The van der Waals surface area contributed by atoms with E-state index in [2.05, 4.69) is 34.7 Å². The van der Waals surface area contributed by atoms with E-state index in [1.54, 1.807) is 0 Å². The van der Waals surface area contributed by atoms with Crippen molar-refractivity contribution in [2.75, 3.05) is 18.4 Å². The minimum atomic E-state index is -4.42. The molecule has 0 aromatic carbocycles. The normalized spacial score (nSPS) is 23.3. The molecule has 0 saturated carbocycles. The van der Waals surface area contributed by atoms with E-state index in [1.165, 1.54) is 0 Å². The third-order valence-electron chi connectivity index (χ3n) is 3.46. The van der Waals surface area contributed by atoms with Gasteiger partial charge in [0, 0.05) is 12.6 Å². The lowest BCUT2D eigenvalue weighted by Crippen LogP contribution is -2.50. The first-order valence-corrected chi connectivity index (χ1v) is 6.99. The second-order valence-corrected chi connectivity index (χ2v) is 6.37. The van der Waals surface area contributed by atoms with Crippen molar-refractivity contribution in [3.05, 3.63) is 5.01 Å². The molecule has 1 aromatic heterocycles. The van der Waals surface area contributed by atoms with Crippen molar-refractivity contribution < 1.29 is 13.2 Å². The van der Waals surface area contributed by atoms with Gasteiger partial charge in [0.15, 0.2) is 0 Å². The van der Waals surface area contributed by atoms with Crippen LogP contribution in [0.2, 0.25) is 0 Å². The number of halogens is 3. The molecule has 0 amide bonds. The van der Waals surface area contributed by atoms with E-state index >= 15 is 0 Å². The van der Waals surface area contributed by atoms with Gasteiger partial charge in [-0.15, -0.1) is 10.2 Å². The Morgan fingerprint density at radius 1 is 1.42 bits per heavy atom. The summed E-state index contributed by atoms with van der Waals surface area (Å²) < 4.78 is 37.2. The van der Waals surface area contributed by atoms with E-state index in [0.29, 0.717) is 17.9 Å². The molecule has 19 heavy (non-hydrogen) atoms. The SMILES string of the molecule is CC1(C)CCCNC1CNc1nnc(C(F)(F)F)s1. The predicted molar refractivity (Wildman–Crippen MR) is 68.2 cm³/mol. The van der Waals surface area contributed by atoms with Crippen molar-refractivity contribution >= 4 is 16.5 Å². The molecule has 1 aromatic rings. The highest BCUT2D eigenvalue weighted by Crippen LogP contribution is 2.34. The quantitative estimate of drug-likeness (QED) is 0.900. The molecule has 1 saturated heterocycles. The van der Waals surface area contributed by atoms with Crippen LogP contribution in [-0.4, -0.2) is 29.3 Å². The number of anilines is 1.